The standard InChI is InChI=1S/C30H36N2O5S/c33-27-31(18-21-9-3-1-4-10-21)25-20-38-30(34,26(25)32(27)19-22-11-5-2-6-12-22)14-8-7-13-29-16-23-15-24(17-29)36-28(35-23)37-29/h1-6,9-12,23-26,28,34H,7-8,13-20H2. The summed E-state index contributed by atoms with van der Waals surface area (Å²) < 4.78 is 17.8. The molecule has 2 amide bonds. The number of thioether (sulfide) groups is 1. The van der Waals surface area contributed by atoms with Crippen molar-refractivity contribution >= 4 is 17.8 Å². The number of ether oxygens (including phenoxy) is 3. The van der Waals surface area contributed by atoms with E-state index in [1.54, 1.807) is 11.8 Å². The topological polar surface area (TPSA) is 71.5 Å². The van der Waals surface area contributed by atoms with E-state index in [0.29, 0.717) is 19.5 Å². The average molecular weight is 537 g/mol. The van der Waals surface area contributed by atoms with Gasteiger partial charge < -0.3 is 29.1 Å². The summed E-state index contributed by atoms with van der Waals surface area (Å²) in [5.74, 6) is 0.748. The molecule has 8 rings (SSSR count). The summed E-state index contributed by atoms with van der Waals surface area (Å²) in [7, 11) is 0. The average Bonchev–Trinajstić information content (AvgIpc) is 3.38. The number of carbonyl (C=O) groups is 1. The smallest absolute Gasteiger partial charge is 0.321 e. The number of hydrogen-bond acceptors (Lipinski definition) is 6. The Morgan fingerprint density at radius 3 is 2.11 bits per heavy atom. The van der Waals surface area contributed by atoms with Crippen LogP contribution in [0.1, 0.15) is 56.1 Å². The van der Waals surface area contributed by atoms with Gasteiger partial charge >= 0.3 is 6.03 Å². The number of fused-ring (bicyclic) bond motifs is 1. The fourth-order valence-corrected chi connectivity index (χ4v) is 8.91. The predicted molar refractivity (Wildman–Crippen MR) is 144 cm³/mol. The van der Waals surface area contributed by atoms with Crippen molar-refractivity contribution in [2.24, 2.45) is 0 Å². The third kappa shape index (κ3) is 4.54. The molecule has 0 aromatic heterocycles. The van der Waals surface area contributed by atoms with Gasteiger partial charge in [-0.25, -0.2) is 4.79 Å². The van der Waals surface area contributed by atoms with Crippen LogP contribution in [-0.4, -0.2) is 68.0 Å². The van der Waals surface area contributed by atoms with E-state index in [2.05, 4.69) is 24.3 Å². The lowest BCUT2D eigenvalue weighted by atomic mass is 9.76. The fourth-order valence-electron chi connectivity index (χ4n) is 7.35. The van der Waals surface area contributed by atoms with Gasteiger partial charge in [0.05, 0.1) is 29.9 Å². The Balaban J connectivity index is 1.05. The first-order chi connectivity index (χ1) is 18.5. The number of urea groups is 1. The van der Waals surface area contributed by atoms with E-state index in [-0.39, 0.29) is 35.9 Å². The Kier molecular flexibility index (Phi) is 6.44. The second kappa shape index (κ2) is 9.82. The highest BCUT2D eigenvalue weighted by atomic mass is 32.2. The van der Waals surface area contributed by atoms with Crippen LogP contribution in [0.15, 0.2) is 60.7 Å². The van der Waals surface area contributed by atoms with Crippen LogP contribution in [0.3, 0.4) is 0 Å². The summed E-state index contributed by atoms with van der Waals surface area (Å²) in [6.07, 6.45) is 6.87. The summed E-state index contributed by atoms with van der Waals surface area (Å²) in [5, 5.41) is 12.0. The zero-order chi connectivity index (χ0) is 25.7. The molecule has 7 nitrogen and oxygen atoms in total. The van der Waals surface area contributed by atoms with Crippen molar-refractivity contribution in [3.8, 4) is 0 Å². The molecule has 5 unspecified atom stereocenters. The molecule has 5 saturated heterocycles. The summed E-state index contributed by atoms with van der Waals surface area (Å²) in [6, 6.07) is 20.1. The van der Waals surface area contributed by atoms with Gasteiger partial charge in [0, 0.05) is 38.1 Å². The molecule has 2 aromatic rings. The number of amides is 2. The molecule has 1 saturated carbocycles. The number of rotatable bonds is 9. The number of carbonyl (C=O) groups excluding carboxylic acids is 1. The van der Waals surface area contributed by atoms with Crippen molar-refractivity contribution in [2.75, 3.05) is 5.75 Å². The maximum Gasteiger partial charge on any atom is 0.321 e. The van der Waals surface area contributed by atoms with Gasteiger partial charge in [-0.1, -0.05) is 67.1 Å². The molecular weight excluding hydrogens is 500 g/mol. The summed E-state index contributed by atoms with van der Waals surface area (Å²) in [4.78, 5) is 16.7. The molecule has 5 atom stereocenters. The Bertz CT molecular complexity index is 1110. The number of aliphatic hydroxyl groups is 1. The first kappa shape index (κ1) is 24.9. The maximum atomic E-state index is 13.8. The van der Waals surface area contributed by atoms with Crippen molar-refractivity contribution in [1.29, 1.82) is 0 Å². The van der Waals surface area contributed by atoms with Gasteiger partial charge in [0.25, 0.3) is 6.48 Å². The Morgan fingerprint density at radius 1 is 0.868 bits per heavy atom. The van der Waals surface area contributed by atoms with E-state index in [1.165, 1.54) is 0 Å². The second-order valence-corrected chi connectivity index (χ2v) is 13.0. The van der Waals surface area contributed by atoms with E-state index < -0.39 is 11.4 Å². The molecule has 2 aromatic carbocycles. The molecule has 4 bridgehead atoms. The molecule has 6 fully saturated rings. The molecule has 1 N–H and O–H groups in total. The monoisotopic (exact) mass is 536 g/mol. The van der Waals surface area contributed by atoms with Gasteiger partial charge in [0.1, 0.15) is 4.93 Å². The van der Waals surface area contributed by atoms with E-state index in [0.717, 1.165) is 55.4 Å². The summed E-state index contributed by atoms with van der Waals surface area (Å²) >= 11 is 1.63. The minimum atomic E-state index is -0.963. The fraction of sp³-hybridized carbons (Fsp3) is 0.567. The van der Waals surface area contributed by atoms with Crippen LogP contribution in [0.2, 0.25) is 0 Å². The zero-order valence-electron chi connectivity index (χ0n) is 21.6. The lowest BCUT2D eigenvalue weighted by molar-refractivity contribution is -0.450. The van der Waals surface area contributed by atoms with Crippen molar-refractivity contribution in [3.05, 3.63) is 71.8 Å². The van der Waals surface area contributed by atoms with Crippen LogP contribution in [0.4, 0.5) is 4.79 Å². The lowest BCUT2D eigenvalue weighted by Gasteiger charge is -2.55. The van der Waals surface area contributed by atoms with Crippen molar-refractivity contribution in [1.82, 2.24) is 9.80 Å². The number of unbranched alkanes of at least 4 members (excludes halogenated alkanes) is 1. The largest absolute Gasteiger partial charge is 0.377 e. The molecule has 8 heteroatoms. The molecule has 0 radical (unpaired) electrons. The van der Waals surface area contributed by atoms with Gasteiger partial charge in [-0.3, -0.25) is 0 Å². The highest BCUT2D eigenvalue weighted by Crippen LogP contribution is 2.51. The van der Waals surface area contributed by atoms with Crippen LogP contribution in [0.25, 0.3) is 0 Å². The van der Waals surface area contributed by atoms with Crippen molar-refractivity contribution < 1.29 is 24.1 Å². The summed E-state index contributed by atoms with van der Waals surface area (Å²) in [6.45, 7) is 0.579. The third-order valence-corrected chi connectivity index (χ3v) is 10.5. The van der Waals surface area contributed by atoms with E-state index in [4.69, 9.17) is 14.2 Å². The molecule has 202 valence electrons. The van der Waals surface area contributed by atoms with Crippen LogP contribution < -0.4 is 0 Å². The van der Waals surface area contributed by atoms with Crippen LogP contribution >= 0.6 is 11.8 Å². The van der Waals surface area contributed by atoms with E-state index >= 15 is 0 Å². The molecular formula is C30H36N2O5S. The lowest BCUT2D eigenvalue weighted by Crippen LogP contribution is -2.61. The van der Waals surface area contributed by atoms with Gasteiger partial charge in [-0.05, 0) is 30.4 Å². The quantitative estimate of drug-likeness (QED) is 0.364. The molecule has 5 heterocycles. The minimum absolute atomic E-state index is 0.0118. The SMILES string of the molecule is O=C1N(Cc2ccccc2)C2CSC(O)(CCCCC34CC5CC(C3)OC(O5)O4)C2N1Cc1ccccc1. The maximum absolute atomic E-state index is 13.8. The summed E-state index contributed by atoms with van der Waals surface area (Å²) in [5.41, 5.74) is 2.06. The van der Waals surface area contributed by atoms with Crippen LogP contribution in [0, 0.1) is 0 Å². The Hall–Kier alpha value is -2.10. The van der Waals surface area contributed by atoms with E-state index in [9.17, 15) is 9.90 Å². The highest BCUT2D eigenvalue weighted by molar-refractivity contribution is 8.00. The van der Waals surface area contributed by atoms with Crippen molar-refractivity contribution in [2.45, 2.75) is 99.3 Å². The van der Waals surface area contributed by atoms with Gasteiger partial charge in [-0.2, -0.15) is 0 Å². The molecule has 0 spiro atoms. The minimum Gasteiger partial charge on any atom is -0.377 e. The molecule has 6 aliphatic rings. The number of nitrogens with zero attached hydrogens (tertiary/aromatic N) is 2. The highest BCUT2D eigenvalue weighted by Gasteiger charge is 2.60. The van der Waals surface area contributed by atoms with Gasteiger partial charge in [0.2, 0.25) is 0 Å². The number of hydrogen-bond donors (Lipinski definition) is 1. The first-order valence-electron chi connectivity index (χ1n) is 14.0. The van der Waals surface area contributed by atoms with Crippen LogP contribution in [-0.2, 0) is 27.3 Å². The Labute approximate surface area is 228 Å². The van der Waals surface area contributed by atoms with E-state index in [1.807, 2.05) is 46.2 Å². The van der Waals surface area contributed by atoms with Gasteiger partial charge in [0.15, 0.2) is 0 Å². The zero-order valence-corrected chi connectivity index (χ0v) is 22.4. The number of benzene rings is 2. The molecule has 1 aliphatic carbocycles. The third-order valence-electron chi connectivity index (χ3n) is 9.05. The predicted octanol–water partition coefficient (Wildman–Crippen LogP) is 4.88. The Morgan fingerprint density at radius 2 is 1.47 bits per heavy atom. The van der Waals surface area contributed by atoms with Crippen molar-refractivity contribution in [3.63, 3.8) is 0 Å². The normalized spacial score (nSPS) is 37.3. The van der Waals surface area contributed by atoms with Crippen LogP contribution in [0.5, 0.6) is 0 Å². The first-order valence-corrected chi connectivity index (χ1v) is 15.0. The molecule has 38 heavy (non-hydrogen) atoms. The van der Waals surface area contributed by atoms with Gasteiger partial charge in [-0.15, -0.1) is 11.8 Å². The molecule has 5 aliphatic heterocycles. The second-order valence-electron chi connectivity index (χ2n) is 11.6.